The summed E-state index contributed by atoms with van der Waals surface area (Å²) in [7, 11) is 0. The van der Waals surface area contributed by atoms with Gasteiger partial charge in [-0.1, -0.05) is 18.2 Å². The first kappa shape index (κ1) is 23.4. The lowest BCUT2D eigenvalue weighted by molar-refractivity contribution is -0.139. The Morgan fingerprint density at radius 2 is 1.91 bits per heavy atom. The van der Waals surface area contributed by atoms with Crippen LogP contribution in [0.15, 0.2) is 53.6 Å². The van der Waals surface area contributed by atoms with E-state index in [0.29, 0.717) is 18.9 Å². The second-order valence-corrected chi connectivity index (χ2v) is 7.25. The summed E-state index contributed by atoms with van der Waals surface area (Å²) in [6, 6.07) is 13.1. The predicted molar refractivity (Wildman–Crippen MR) is 118 cm³/mol. The summed E-state index contributed by atoms with van der Waals surface area (Å²) in [5.41, 5.74) is 3.84. The van der Waals surface area contributed by atoms with Gasteiger partial charge in [-0.25, -0.2) is 9.82 Å². The molecular weight excluding hydrogens is 415 g/mol. The summed E-state index contributed by atoms with van der Waals surface area (Å²) in [6.07, 6.45) is 2.21. The van der Waals surface area contributed by atoms with Gasteiger partial charge in [0.1, 0.15) is 18.2 Å². The molecule has 0 atom stereocenters. The van der Waals surface area contributed by atoms with E-state index >= 15 is 0 Å². The van der Waals surface area contributed by atoms with Crippen LogP contribution in [0.1, 0.15) is 17.5 Å². The van der Waals surface area contributed by atoms with Crippen LogP contribution in [-0.4, -0.2) is 62.3 Å². The molecule has 1 fully saturated rings. The van der Waals surface area contributed by atoms with Gasteiger partial charge >= 0.3 is 11.8 Å². The minimum absolute atomic E-state index is 0.298. The molecule has 170 valence electrons. The lowest BCUT2D eigenvalue weighted by Gasteiger charge is -2.26. The average molecular weight is 442 g/mol. The van der Waals surface area contributed by atoms with Crippen molar-refractivity contribution >= 4 is 18.0 Å². The molecule has 1 aliphatic rings. The maximum absolute atomic E-state index is 12.9. The normalized spacial score (nSPS) is 14.3. The fourth-order valence-corrected chi connectivity index (χ4v) is 3.09. The van der Waals surface area contributed by atoms with Crippen molar-refractivity contribution < 1.29 is 23.5 Å². The lowest BCUT2D eigenvalue weighted by atomic mass is 10.1. The Hall–Kier alpha value is -3.30. The van der Waals surface area contributed by atoms with E-state index in [1.165, 1.54) is 18.3 Å². The second-order valence-electron chi connectivity index (χ2n) is 7.25. The molecule has 9 heteroatoms. The summed E-state index contributed by atoms with van der Waals surface area (Å²) >= 11 is 0. The van der Waals surface area contributed by atoms with E-state index in [0.717, 1.165) is 50.4 Å². The van der Waals surface area contributed by atoms with E-state index in [1.807, 2.05) is 24.3 Å². The fourth-order valence-electron chi connectivity index (χ4n) is 3.09. The number of nitrogens with zero attached hydrogens (tertiary/aromatic N) is 2. The summed E-state index contributed by atoms with van der Waals surface area (Å²) in [5.74, 6) is -1.29. The first-order chi connectivity index (χ1) is 15.6. The Bertz CT molecular complexity index is 914. The number of hydrazone groups is 1. The molecule has 3 rings (SSSR count). The highest BCUT2D eigenvalue weighted by Gasteiger charge is 2.13. The minimum atomic E-state index is -0.816. The van der Waals surface area contributed by atoms with Crippen LogP contribution >= 0.6 is 0 Å². The Morgan fingerprint density at radius 1 is 1.12 bits per heavy atom. The van der Waals surface area contributed by atoms with Gasteiger partial charge < -0.3 is 14.8 Å². The molecule has 2 N–H and O–H groups in total. The van der Waals surface area contributed by atoms with Crippen LogP contribution in [0.3, 0.4) is 0 Å². The number of amides is 2. The van der Waals surface area contributed by atoms with Crippen molar-refractivity contribution in [2.24, 2.45) is 5.10 Å². The van der Waals surface area contributed by atoms with E-state index in [9.17, 15) is 14.0 Å². The Balaban J connectivity index is 1.36. The Morgan fingerprint density at radius 3 is 2.69 bits per heavy atom. The number of nitrogens with one attached hydrogen (secondary N) is 2. The quantitative estimate of drug-likeness (QED) is 0.267. The number of morpholine rings is 1. The first-order valence-electron chi connectivity index (χ1n) is 10.5. The molecule has 2 amide bonds. The molecule has 1 saturated heterocycles. The molecule has 1 heterocycles. The highest BCUT2D eigenvalue weighted by Crippen LogP contribution is 2.14. The number of ether oxygens (including phenoxy) is 2. The molecule has 0 aromatic heterocycles. The van der Waals surface area contributed by atoms with E-state index in [2.05, 4.69) is 20.7 Å². The zero-order valence-electron chi connectivity index (χ0n) is 17.8. The number of halogens is 1. The van der Waals surface area contributed by atoms with Gasteiger partial charge in [0, 0.05) is 19.6 Å². The zero-order valence-corrected chi connectivity index (χ0v) is 17.8. The first-order valence-corrected chi connectivity index (χ1v) is 10.5. The molecule has 0 saturated carbocycles. The average Bonchev–Trinajstić information content (AvgIpc) is 2.82. The van der Waals surface area contributed by atoms with Gasteiger partial charge in [-0.2, -0.15) is 5.10 Å². The van der Waals surface area contributed by atoms with Crippen molar-refractivity contribution in [3.8, 4) is 5.75 Å². The molecule has 0 aliphatic carbocycles. The Labute approximate surface area is 186 Å². The SMILES string of the molecule is O=C(NCCCN1CCOCC1)C(=O)N/N=C/c1cccc(COc2ccc(F)cc2)c1. The summed E-state index contributed by atoms with van der Waals surface area (Å²) in [4.78, 5) is 26.0. The van der Waals surface area contributed by atoms with E-state index < -0.39 is 11.8 Å². The molecule has 0 radical (unpaired) electrons. The van der Waals surface area contributed by atoms with Crippen molar-refractivity contribution in [3.63, 3.8) is 0 Å². The third-order valence-electron chi connectivity index (χ3n) is 4.80. The lowest BCUT2D eigenvalue weighted by Crippen LogP contribution is -2.40. The van der Waals surface area contributed by atoms with Gasteiger partial charge in [-0.15, -0.1) is 0 Å². The number of hydrogen-bond donors (Lipinski definition) is 2. The van der Waals surface area contributed by atoms with Gasteiger partial charge in [0.15, 0.2) is 0 Å². The van der Waals surface area contributed by atoms with Crippen LogP contribution in [0.5, 0.6) is 5.75 Å². The Kier molecular flexibility index (Phi) is 9.15. The van der Waals surface area contributed by atoms with Gasteiger partial charge in [-0.05, 0) is 54.4 Å². The van der Waals surface area contributed by atoms with Crippen LogP contribution in [0.4, 0.5) is 4.39 Å². The van der Waals surface area contributed by atoms with Gasteiger partial charge in [-0.3, -0.25) is 14.5 Å². The maximum Gasteiger partial charge on any atom is 0.329 e. The number of carbonyl (C=O) groups is 2. The third-order valence-corrected chi connectivity index (χ3v) is 4.80. The molecule has 0 spiro atoms. The van der Waals surface area contributed by atoms with Crippen LogP contribution in [0.25, 0.3) is 0 Å². The van der Waals surface area contributed by atoms with Crippen LogP contribution in [0, 0.1) is 5.82 Å². The molecular formula is C23H27FN4O4. The van der Waals surface area contributed by atoms with Crippen LogP contribution in [-0.2, 0) is 20.9 Å². The molecule has 2 aromatic carbocycles. The molecule has 2 aromatic rings. The molecule has 32 heavy (non-hydrogen) atoms. The topological polar surface area (TPSA) is 92.3 Å². The highest BCUT2D eigenvalue weighted by molar-refractivity contribution is 6.35. The number of rotatable bonds is 9. The molecule has 1 aliphatic heterocycles. The molecule has 8 nitrogen and oxygen atoms in total. The standard InChI is InChI=1S/C23H27FN4O4/c24-20-5-7-21(8-6-20)32-17-19-4-1-3-18(15-19)16-26-27-23(30)22(29)25-9-2-10-28-11-13-31-14-12-28/h1,3-8,15-16H,2,9-14,17H2,(H,25,29)(H,27,30)/b26-16+. The molecule has 0 bridgehead atoms. The van der Waals surface area contributed by atoms with Gasteiger partial charge in [0.05, 0.1) is 19.4 Å². The van der Waals surface area contributed by atoms with Crippen molar-refractivity contribution in [1.82, 2.24) is 15.6 Å². The highest BCUT2D eigenvalue weighted by atomic mass is 19.1. The van der Waals surface area contributed by atoms with Gasteiger partial charge in [0.25, 0.3) is 0 Å². The van der Waals surface area contributed by atoms with Crippen molar-refractivity contribution in [2.45, 2.75) is 13.0 Å². The largest absolute Gasteiger partial charge is 0.489 e. The molecule has 0 unspecified atom stereocenters. The van der Waals surface area contributed by atoms with E-state index in [4.69, 9.17) is 9.47 Å². The van der Waals surface area contributed by atoms with E-state index in [1.54, 1.807) is 12.1 Å². The van der Waals surface area contributed by atoms with Crippen molar-refractivity contribution in [2.75, 3.05) is 39.4 Å². The number of benzene rings is 2. The van der Waals surface area contributed by atoms with E-state index in [-0.39, 0.29) is 5.82 Å². The summed E-state index contributed by atoms with van der Waals surface area (Å²) in [5, 5.41) is 6.44. The minimum Gasteiger partial charge on any atom is -0.489 e. The number of hydrogen-bond acceptors (Lipinski definition) is 6. The monoisotopic (exact) mass is 442 g/mol. The smallest absolute Gasteiger partial charge is 0.329 e. The van der Waals surface area contributed by atoms with Crippen molar-refractivity contribution in [1.29, 1.82) is 0 Å². The second kappa shape index (κ2) is 12.5. The zero-order chi connectivity index (χ0) is 22.6. The number of carbonyl (C=O) groups excluding carboxylic acids is 2. The fraction of sp³-hybridized carbons (Fsp3) is 0.348. The predicted octanol–water partition coefficient (Wildman–Crippen LogP) is 1.69. The van der Waals surface area contributed by atoms with Gasteiger partial charge in [0.2, 0.25) is 0 Å². The van der Waals surface area contributed by atoms with Crippen LogP contribution < -0.4 is 15.5 Å². The maximum atomic E-state index is 12.9. The van der Waals surface area contributed by atoms with Crippen LogP contribution in [0.2, 0.25) is 0 Å². The summed E-state index contributed by atoms with van der Waals surface area (Å²) < 4.78 is 23.9. The van der Waals surface area contributed by atoms with Crippen molar-refractivity contribution in [3.05, 3.63) is 65.5 Å². The third kappa shape index (κ3) is 8.09. The summed E-state index contributed by atoms with van der Waals surface area (Å²) in [6.45, 7) is 4.82.